The first-order chi connectivity index (χ1) is 7.89. The lowest BCUT2D eigenvalue weighted by molar-refractivity contribution is 0.212. The molecule has 0 fully saturated rings. The standard InChI is InChI=1S/C16H22O/c1-11-14(9-10-15(11)17)12-5-7-13(8-6-12)16(2,3)4/h5-8,15,17H,9-10H2,1-4H3. The molecule has 0 radical (unpaired) electrons. The summed E-state index contributed by atoms with van der Waals surface area (Å²) in [7, 11) is 0. The summed E-state index contributed by atoms with van der Waals surface area (Å²) in [6.07, 6.45) is 1.65. The summed E-state index contributed by atoms with van der Waals surface area (Å²) in [6.45, 7) is 8.73. The maximum Gasteiger partial charge on any atom is 0.0756 e. The topological polar surface area (TPSA) is 20.2 Å². The summed E-state index contributed by atoms with van der Waals surface area (Å²) in [5, 5.41) is 9.76. The second-order valence-electron chi connectivity index (χ2n) is 6.04. The van der Waals surface area contributed by atoms with Crippen LogP contribution in [0.4, 0.5) is 0 Å². The van der Waals surface area contributed by atoms with E-state index in [1.54, 1.807) is 0 Å². The van der Waals surface area contributed by atoms with Crippen LogP contribution in [0.2, 0.25) is 0 Å². The van der Waals surface area contributed by atoms with E-state index in [2.05, 4.69) is 45.0 Å². The quantitative estimate of drug-likeness (QED) is 0.775. The number of hydrogen-bond acceptors (Lipinski definition) is 1. The van der Waals surface area contributed by atoms with Crippen LogP contribution in [-0.2, 0) is 5.41 Å². The van der Waals surface area contributed by atoms with E-state index in [0.717, 1.165) is 18.4 Å². The van der Waals surface area contributed by atoms with E-state index < -0.39 is 0 Å². The van der Waals surface area contributed by atoms with Gasteiger partial charge in [-0.1, -0.05) is 45.0 Å². The largest absolute Gasteiger partial charge is 0.389 e. The molecule has 1 aromatic rings. The lowest BCUT2D eigenvalue weighted by Crippen LogP contribution is -2.10. The number of allylic oxidation sites excluding steroid dienone is 1. The van der Waals surface area contributed by atoms with E-state index in [-0.39, 0.29) is 11.5 Å². The van der Waals surface area contributed by atoms with Crippen LogP contribution < -0.4 is 0 Å². The molecule has 0 bridgehead atoms. The number of aliphatic hydroxyl groups is 1. The Labute approximate surface area is 104 Å². The highest BCUT2D eigenvalue weighted by Gasteiger charge is 2.21. The molecule has 1 aliphatic carbocycles. The first-order valence-electron chi connectivity index (χ1n) is 6.38. The number of benzene rings is 1. The van der Waals surface area contributed by atoms with Crippen molar-refractivity contribution in [2.45, 2.75) is 52.1 Å². The van der Waals surface area contributed by atoms with Crippen molar-refractivity contribution in [2.24, 2.45) is 0 Å². The Morgan fingerprint density at radius 1 is 1.12 bits per heavy atom. The van der Waals surface area contributed by atoms with Gasteiger partial charge in [0, 0.05) is 0 Å². The molecule has 92 valence electrons. The van der Waals surface area contributed by atoms with Crippen molar-refractivity contribution in [2.75, 3.05) is 0 Å². The molecule has 1 heteroatoms. The zero-order valence-electron chi connectivity index (χ0n) is 11.2. The molecular formula is C16H22O. The van der Waals surface area contributed by atoms with Crippen LogP contribution in [0.15, 0.2) is 29.8 Å². The molecular weight excluding hydrogens is 208 g/mol. The van der Waals surface area contributed by atoms with Gasteiger partial charge in [-0.2, -0.15) is 0 Å². The van der Waals surface area contributed by atoms with Gasteiger partial charge >= 0.3 is 0 Å². The summed E-state index contributed by atoms with van der Waals surface area (Å²) >= 11 is 0. The van der Waals surface area contributed by atoms with Crippen molar-refractivity contribution in [3.05, 3.63) is 41.0 Å². The van der Waals surface area contributed by atoms with Crippen molar-refractivity contribution in [3.8, 4) is 0 Å². The van der Waals surface area contributed by atoms with Gasteiger partial charge in [0.2, 0.25) is 0 Å². The molecule has 0 aliphatic heterocycles. The number of rotatable bonds is 1. The highest BCUT2D eigenvalue weighted by molar-refractivity contribution is 5.71. The Bertz CT molecular complexity index is 432. The average molecular weight is 230 g/mol. The van der Waals surface area contributed by atoms with Crippen LogP contribution in [0.3, 0.4) is 0 Å². The van der Waals surface area contributed by atoms with Crippen LogP contribution in [0.5, 0.6) is 0 Å². The van der Waals surface area contributed by atoms with E-state index in [0.29, 0.717) is 0 Å². The highest BCUT2D eigenvalue weighted by atomic mass is 16.3. The van der Waals surface area contributed by atoms with Crippen LogP contribution in [0.25, 0.3) is 5.57 Å². The summed E-state index contributed by atoms with van der Waals surface area (Å²) in [5.74, 6) is 0. The maximum absolute atomic E-state index is 9.76. The Morgan fingerprint density at radius 2 is 1.71 bits per heavy atom. The van der Waals surface area contributed by atoms with Crippen LogP contribution in [0, 0.1) is 0 Å². The third kappa shape index (κ3) is 2.44. The molecule has 1 nitrogen and oxygen atoms in total. The Balaban J connectivity index is 2.31. The second kappa shape index (κ2) is 4.30. The fraction of sp³-hybridized carbons (Fsp3) is 0.500. The summed E-state index contributed by atoms with van der Waals surface area (Å²) in [4.78, 5) is 0. The van der Waals surface area contributed by atoms with E-state index in [4.69, 9.17) is 0 Å². The fourth-order valence-electron chi connectivity index (χ4n) is 2.44. The van der Waals surface area contributed by atoms with Crippen molar-refractivity contribution in [1.82, 2.24) is 0 Å². The molecule has 2 rings (SSSR count). The van der Waals surface area contributed by atoms with Gasteiger partial charge < -0.3 is 5.11 Å². The summed E-state index contributed by atoms with van der Waals surface area (Å²) in [5.41, 5.74) is 5.31. The second-order valence-corrected chi connectivity index (χ2v) is 6.04. The zero-order chi connectivity index (χ0) is 12.6. The van der Waals surface area contributed by atoms with E-state index in [9.17, 15) is 5.11 Å². The van der Waals surface area contributed by atoms with E-state index in [1.165, 1.54) is 16.7 Å². The van der Waals surface area contributed by atoms with Gasteiger partial charge in [-0.15, -0.1) is 0 Å². The van der Waals surface area contributed by atoms with Crippen LogP contribution in [-0.4, -0.2) is 11.2 Å². The molecule has 0 amide bonds. The third-order valence-corrected chi connectivity index (χ3v) is 3.74. The van der Waals surface area contributed by atoms with Crippen LogP contribution in [0.1, 0.15) is 51.7 Å². The summed E-state index contributed by atoms with van der Waals surface area (Å²) < 4.78 is 0. The monoisotopic (exact) mass is 230 g/mol. The molecule has 0 spiro atoms. The van der Waals surface area contributed by atoms with Gasteiger partial charge in [0.05, 0.1) is 6.10 Å². The lowest BCUT2D eigenvalue weighted by Gasteiger charge is -2.19. The smallest absolute Gasteiger partial charge is 0.0756 e. The Hall–Kier alpha value is -1.08. The SMILES string of the molecule is CC1=C(c2ccc(C(C)(C)C)cc2)CCC1O. The number of hydrogen-bond donors (Lipinski definition) is 1. The predicted octanol–water partition coefficient (Wildman–Crippen LogP) is 3.91. The predicted molar refractivity (Wildman–Crippen MR) is 73.0 cm³/mol. The van der Waals surface area contributed by atoms with Crippen molar-refractivity contribution in [1.29, 1.82) is 0 Å². The minimum absolute atomic E-state index is 0.206. The molecule has 1 unspecified atom stereocenters. The van der Waals surface area contributed by atoms with E-state index in [1.807, 2.05) is 6.92 Å². The third-order valence-electron chi connectivity index (χ3n) is 3.74. The molecule has 1 atom stereocenters. The molecule has 1 N–H and O–H groups in total. The van der Waals surface area contributed by atoms with Gasteiger partial charge in [-0.3, -0.25) is 0 Å². The highest BCUT2D eigenvalue weighted by Crippen LogP contribution is 2.34. The molecule has 0 saturated carbocycles. The molecule has 1 aliphatic rings. The molecule has 1 aromatic carbocycles. The van der Waals surface area contributed by atoms with Crippen molar-refractivity contribution in [3.63, 3.8) is 0 Å². The van der Waals surface area contributed by atoms with Crippen molar-refractivity contribution >= 4 is 5.57 Å². The average Bonchev–Trinajstić information content (AvgIpc) is 2.59. The Kier molecular flexibility index (Phi) is 3.13. The first-order valence-corrected chi connectivity index (χ1v) is 6.38. The van der Waals surface area contributed by atoms with Crippen molar-refractivity contribution < 1.29 is 5.11 Å². The fourth-order valence-corrected chi connectivity index (χ4v) is 2.44. The minimum Gasteiger partial charge on any atom is -0.389 e. The normalized spacial score (nSPS) is 21.1. The number of aliphatic hydroxyl groups excluding tert-OH is 1. The molecule has 17 heavy (non-hydrogen) atoms. The maximum atomic E-state index is 9.76. The Morgan fingerprint density at radius 3 is 2.12 bits per heavy atom. The zero-order valence-corrected chi connectivity index (χ0v) is 11.2. The lowest BCUT2D eigenvalue weighted by atomic mass is 9.86. The van der Waals surface area contributed by atoms with Gasteiger partial charge in [0.1, 0.15) is 0 Å². The molecule has 0 saturated heterocycles. The van der Waals surface area contributed by atoms with Gasteiger partial charge in [-0.25, -0.2) is 0 Å². The molecule has 0 heterocycles. The minimum atomic E-state index is -0.229. The van der Waals surface area contributed by atoms with Gasteiger partial charge in [0.15, 0.2) is 0 Å². The first kappa shape index (κ1) is 12.4. The van der Waals surface area contributed by atoms with E-state index >= 15 is 0 Å². The van der Waals surface area contributed by atoms with Crippen LogP contribution >= 0.6 is 0 Å². The van der Waals surface area contributed by atoms with Gasteiger partial charge in [0.25, 0.3) is 0 Å². The van der Waals surface area contributed by atoms with Gasteiger partial charge in [-0.05, 0) is 47.5 Å². The summed E-state index contributed by atoms with van der Waals surface area (Å²) in [6, 6.07) is 8.80. The molecule has 0 aromatic heterocycles.